The van der Waals surface area contributed by atoms with Crippen LogP contribution in [0.3, 0.4) is 0 Å². The van der Waals surface area contributed by atoms with Gasteiger partial charge in [-0.3, -0.25) is 0 Å². The molecule has 1 heterocycles. The third-order valence-corrected chi connectivity index (χ3v) is 3.68. The Balaban J connectivity index is 2.98. The number of rotatable bonds is 9. The lowest BCUT2D eigenvalue weighted by Crippen LogP contribution is -2.21. The molecule has 0 aliphatic carbocycles. The molecule has 0 radical (unpaired) electrons. The zero-order chi connectivity index (χ0) is 15.8. The van der Waals surface area contributed by atoms with Gasteiger partial charge >= 0.3 is 5.97 Å². The van der Waals surface area contributed by atoms with Gasteiger partial charge in [-0.25, -0.2) is 4.79 Å². The van der Waals surface area contributed by atoms with Gasteiger partial charge in [0.25, 0.3) is 0 Å². The van der Waals surface area contributed by atoms with Crippen LogP contribution in [0.15, 0.2) is 0 Å². The third kappa shape index (κ3) is 4.69. The number of hydrogen-bond acceptors (Lipinski definition) is 4. The molecule has 1 rings (SSSR count). The van der Waals surface area contributed by atoms with Crippen molar-refractivity contribution in [3.8, 4) is 0 Å². The van der Waals surface area contributed by atoms with Crippen LogP contribution in [-0.4, -0.2) is 27.3 Å². The highest BCUT2D eigenvalue weighted by Gasteiger charge is 2.21. The van der Waals surface area contributed by atoms with Crippen LogP contribution < -0.4 is 5.32 Å². The van der Waals surface area contributed by atoms with E-state index < -0.39 is 5.97 Å². The van der Waals surface area contributed by atoms with Crippen molar-refractivity contribution < 1.29 is 9.90 Å². The molecule has 0 amide bonds. The highest BCUT2D eigenvalue weighted by molar-refractivity contribution is 5.95. The van der Waals surface area contributed by atoms with Gasteiger partial charge in [-0.15, -0.1) is 5.10 Å². The normalized spacial score (nSPS) is 12.2. The summed E-state index contributed by atoms with van der Waals surface area (Å²) in [6, 6.07) is 0.195. The maximum atomic E-state index is 11.6. The first-order chi connectivity index (χ1) is 10.0. The van der Waals surface area contributed by atoms with Crippen LogP contribution in [0.2, 0.25) is 0 Å². The van der Waals surface area contributed by atoms with Crippen molar-refractivity contribution in [2.45, 2.75) is 72.3 Å². The highest BCUT2D eigenvalue weighted by atomic mass is 16.4. The molecule has 0 spiro atoms. The van der Waals surface area contributed by atoms with Crippen LogP contribution in [0, 0.1) is 0 Å². The van der Waals surface area contributed by atoms with Crippen LogP contribution in [-0.2, 0) is 12.8 Å². The number of unbranched alkanes of at least 4 members (excludes halogenated alkanes) is 2. The summed E-state index contributed by atoms with van der Waals surface area (Å²) in [7, 11) is 0. The monoisotopic (exact) mass is 293 g/mol. The number of carbonyl (C=O) groups is 1. The largest absolute Gasteiger partial charge is 0.478 e. The fraction of sp³-hybridized carbons (Fsp3) is 0.688. The van der Waals surface area contributed by atoms with E-state index in [0.29, 0.717) is 18.7 Å². The molecule has 0 bridgehead atoms. The molecule has 5 nitrogen and oxygen atoms in total. The lowest BCUT2D eigenvalue weighted by Gasteiger charge is -2.18. The summed E-state index contributed by atoms with van der Waals surface area (Å²) in [4.78, 5) is 11.6. The summed E-state index contributed by atoms with van der Waals surface area (Å²) < 4.78 is 0. The molecular formula is C16H27N3O2. The van der Waals surface area contributed by atoms with E-state index in [1.807, 2.05) is 13.8 Å². The summed E-state index contributed by atoms with van der Waals surface area (Å²) in [5, 5.41) is 21.0. The second kappa shape index (κ2) is 8.60. The van der Waals surface area contributed by atoms with E-state index in [4.69, 9.17) is 0 Å². The molecular weight excluding hydrogens is 266 g/mol. The van der Waals surface area contributed by atoms with Crippen molar-refractivity contribution in [1.82, 2.24) is 10.2 Å². The van der Waals surface area contributed by atoms with Gasteiger partial charge in [0.15, 0.2) is 5.82 Å². The number of hydrogen-bond donors (Lipinski definition) is 2. The van der Waals surface area contributed by atoms with E-state index in [-0.39, 0.29) is 11.6 Å². The van der Waals surface area contributed by atoms with E-state index in [1.54, 1.807) is 0 Å². The molecule has 21 heavy (non-hydrogen) atoms. The Morgan fingerprint density at radius 2 is 1.90 bits per heavy atom. The second-order valence-electron chi connectivity index (χ2n) is 5.40. The minimum absolute atomic E-state index is 0.195. The summed E-state index contributed by atoms with van der Waals surface area (Å²) >= 11 is 0. The fourth-order valence-corrected chi connectivity index (χ4v) is 2.51. The Morgan fingerprint density at radius 3 is 2.43 bits per heavy atom. The van der Waals surface area contributed by atoms with Crippen LogP contribution in [0.1, 0.15) is 75.0 Å². The van der Waals surface area contributed by atoms with Gasteiger partial charge < -0.3 is 10.4 Å². The average molecular weight is 293 g/mol. The molecule has 0 aliphatic rings. The van der Waals surface area contributed by atoms with Gasteiger partial charge in [-0.1, -0.05) is 40.0 Å². The third-order valence-electron chi connectivity index (χ3n) is 3.68. The Morgan fingerprint density at radius 1 is 1.19 bits per heavy atom. The second-order valence-corrected chi connectivity index (χ2v) is 5.40. The molecule has 0 aliphatic heterocycles. The maximum absolute atomic E-state index is 11.6. The summed E-state index contributed by atoms with van der Waals surface area (Å²) in [6.07, 6.45) is 5.86. The van der Waals surface area contributed by atoms with Gasteiger partial charge in [-0.05, 0) is 31.7 Å². The Labute approximate surface area is 127 Å². The van der Waals surface area contributed by atoms with Gasteiger partial charge in [-0.2, -0.15) is 5.10 Å². The van der Waals surface area contributed by atoms with Gasteiger partial charge in [0.2, 0.25) is 0 Å². The zero-order valence-corrected chi connectivity index (χ0v) is 13.6. The zero-order valence-electron chi connectivity index (χ0n) is 13.6. The molecule has 1 unspecified atom stereocenters. The number of nitrogens with one attached hydrogen (secondary N) is 1. The van der Waals surface area contributed by atoms with E-state index in [2.05, 4.69) is 29.4 Å². The molecule has 0 saturated heterocycles. The lowest BCUT2D eigenvalue weighted by molar-refractivity contribution is 0.0696. The summed E-state index contributed by atoms with van der Waals surface area (Å²) in [6.45, 7) is 8.15. The first-order valence-corrected chi connectivity index (χ1v) is 7.93. The number of aryl methyl sites for hydroxylation is 1. The number of carboxylic acids is 1. The van der Waals surface area contributed by atoms with E-state index in [1.165, 1.54) is 12.8 Å². The van der Waals surface area contributed by atoms with Crippen molar-refractivity contribution >= 4 is 11.8 Å². The molecule has 0 aromatic carbocycles. The first-order valence-electron chi connectivity index (χ1n) is 7.93. The van der Waals surface area contributed by atoms with Crippen molar-refractivity contribution in [3.63, 3.8) is 0 Å². The predicted octanol–water partition coefficient (Wildman–Crippen LogP) is 3.68. The van der Waals surface area contributed by atoms with Gasteiger partial charge in [0, 0.05) is 6.04 Å². The SMILES string of the molecule is CCCCCC(C)Nc1nnc(CC)c(CC)c1C(=O)O. The maximum Gasteiger partial charge on any atom is 0.339 e. The smallest absolute Gasteiger partial charge is 0.339 e. The first kappa shape index (κ1) is 17.4. The number of aromatic carboxylic acids is 1. The molecule has 1 aromatic rings. The number of carboxylic acid groups (broad SMARTS) is 1. The van der Waals surface area contributed by atoms with Crippen molar-refractivity contribution in [1.29, 1.82) is 0 Å². The molecule has 5 heteroatoms. The van der Waals surface area contributed by atoms with E-state index in [9.17, 15) is 9.90 Å². The number of nitrogens with zero attached hydrogens (tertiary/aromatic N) is 2. The molecule has 1 aromatic heterocycles. The standard InChI is InChI=1S/C16H27N3O2/c1-5-8-9-10-11(4)17-15-14(16(20)21)12(6-2)13(7-3)18-19-15/h11H,5-10H2,1-4H3,(H,17,19)(H,20,21). The minimum atomic E-state index is -0.931. The molecule has 1 atom stereocenters. The molecule has 0 saturated carbocycles. The number of aromatic nitrogens is 2. The van der Waals surface area contributed by atoms with Gasteiger partial charge in [0.05, 0.1) is 5.69 Å². The predicted molar refractivity (Wildman–Crippen MR) is 85.0 cm³/mol. The Hall–Kier alpha value is -1.65. The van der Waals surface area contributed by atoms with Crippen LogP contribution in [0.5, 0.6) is 0 Å². The molecule has 2 N–H and O–H groups in total. The lowest BCUT2D eigenvalue weighted by atomic mass is 10.0. The summed E-state index contributed by atoms with van der Waals surface area (Å²) in [5.74, 6) is -0.528. The van der Waals surface area contributed by atoms with Crippen molar-refractivity contribution in [3.05, 3.63) is 16.8 Å². The highest BCUT2D eigenvalue weighted by Crippen LogP contribution is 2.22. The molecule has 118 valence electrons. The topological polar surface area (TPSA) is 75.1 Å². The van der Waals surface area contributed by atoms with E-state index >= 15 is 0 Å². The van der Waals surface area contributed by atoms with E-state index in [0.717, 1.165) is 24.1 Å². The minimum Gasteiger partial charge on any atom is -0.478 e. The summed E-state index contributed by atoms with van der Waals surface area (Å²) in [5.41, 5.74) is 1.86. The van der Waals surface area contributed by atoms with Crippen LogP contribution in [0.25, 0.3) is 0 Å². The van der Waals surface area contributed by atoms with Crippen molar-refractivity contribution in [2.75, 3.05) is 5.32 Å². The molecule has 0 fully saturated rings. The van der Waals surface area contributed by atoms with Crippen LogP contribution in [0.4, 0.5) is 5.82 Å². The van der Waals surface area contributed by atoms with Gasteiger partial charge in [0.1, 0.15) is 5.56 Å². The Kier molecular flexibility index (Phi) is 7.12. The van der Waals surface area contributed by atoms with Crippen LogP contribution >= 0.6 is 0 Å². The fourth-order valence-electron chi connectivity index (χ4n) is 2.51. The average Bonchev–Trinajstić information content (AvgIpc) is 2.46. The quantitative estimate of drug-likeness (QED) is 0.679. The Bertz CT molecular complexity index is 475. The number of anilines is 1. The van der Waals surface area contributed by atoms with Crippen molar-refractivity contribution in [2.24, 2.45) is 0 Å².